The van der Waals surface area contributed by atoms with E-state index in [4.69, 9.17) is 16.6 Å². The van der Waals surface area contributed by atoms with Gasteiger partial charge in [-0.05, 0) is 43.5 Å². The standard InChI is InChI=1S/C23H22ClN3OS/c1-15-23(16-9-11-18(24)12-10-16)27-22(29-15)14-26-21(28)8-4-5-17-13-25-20-7-3-2-6-19(17)20/h2-3,6-7,9-13,25H,4-5,8,14H2,1H3,(H,26,28). The Bertz CT molecular complexity index is 1130. The molecular weight excluding hydrogens is 402 g/mol. The molecule has 29 heavy (non-hydrogen) atoms. The van der Waals surface area contributed by atoms with Gasteiger partial charge < -0.3 is 10.3 Å². The lowest BCUT2D eigenvalue weighted by Gasteiger charge is -2.03. The predicted molar refractivity (Wildman–Crippen MR) is 120 cm³/mol. The highest BCUT2D eigenvalue weighted by Crippen LogP contribution is 2.28. The third kappa shape index (κ3) is 4.69. The number of para-hydroxylation sites is 1. The zero-order valence-corrected chi connectivity index (χ0v) is 17.7. The van der Waals surface area contributed by atoms with Crippen molar-refractivity contribution in [2.45, 2.75) is 32.7 Å². The average molecular weight is 424 g/mol. The van der Waals surface area contributed by atoms with Crippen LogP contribution < -0.4 is 5.32 Å². The third-order valence-corrected chi connectivity index (χ3v) is 6.14. The van der Waals surface area contributed by atoms with Gasteiger partial charge in [-0.3, -0.25) is 4.79 Å². The lowest BCUT2D eigenvalue weighted by molar-refractivity contribution is -0.121. The summed E-state index contributed by atoms with van der Waals surface area (Å²) in [5.41, 5.74) is 4.40. The van der Waals surface area contributed by atoms with Gasteiger partial charge in [-0.15, -0.1) is 11.3 Å². The maximum atomic E-state index is 12.3. The topological polar surface area (TPSA) is 57.8 Å². The van der Waals surface area contributed by atoms with E-state index in [0.717, 1.165) is 39.5 Å². The maximum absolute atomic E-state index is 12.3. The van der Waals surface area contributed by atoms with Crippen LogP contribution in [-0.2, 0) is 17.8 Å². The van der Waals surface area contributed by atoms with Crippen LogP contribution in [-0.4, -0.2) is 15.9 Å². The summed E-state index contributed by atoms with van der Waals surface area (Å²) in [6.45, 7) is 2.51. The SMILES string of the molecule is Cc1sc(CNC(=O)CCCc2c[nH]c3ccccc23)nc1-c1ccc(Cl)cc1. The van der Waals surface area contributed by atoms with E-state index in [2.05, 4.69) is 22.4 Å². The molecule has 0 bridgehead atoms. The molecule has 0 spiro atoms. The Morgan fingerprint density at radius 3 is 2.79 bits per heavy atom. The number of aromatic nitrogens is 2. The third-order valence-electron chi connectivity index (χ3n) is 4.92. The van der Waals surface area contributed by atoms with Crippen molar-refractivity contribution in [2.24, 2.45) is 0 Å². The lowest BCUT2D eigenvalue weighted by atomic mass is 10.1. The van der Waals surface area contributed by atoms with E-state index >= 15 is 0 Å². The fourth-order valence-electron chi connectivity index (χ4n) is 3.44. The van der Waals surface area contributed by atoms with Gasteiger partial charge in [-0.1, -0.05) is 41.9 Å². The highest BCUT2D eigenvalue weighted by molar-refractivity contribution is 7.12. The molecule has 4 nitrogen and oxygen atoms in total. The highest BCUT2D eigenvalue weighted by atomic mass is 35.5. The Labute approximate surface area is 179 Å². The van der Waals surface area contributed by atoms with Crippen molar-refractivity contribution in [3.05, 3.63) is 75.2 Å². The van der Waals surface area contributed by atoms with Gasteiger partial charge in [0.25, 0.3) is 0 Å². The molecule has 148 valence electrons. The van der Waals surface area contributed by atoms with Gasteiger partial charge in [-0.2, -0.15) is 0 Å². The van der Waals surface area contributed by atoms with Crippen LogP contribution in [0.15, 0.2) is 54.7 Å². The number of nitrogens with one attached hydrogen (secondary N) is 2. The molecule has 0 saturated carbocycles. The van der Waals surface area contributed by atoms with Gasteiger partial charge in [0.2, 0.25) is 5.91 Å². The van der Waals surface area contributed by atoms with Crippen LogP contribution in [0.25, 0.3) is 22.2 Å². The van der Waals surface area contributed by atoms with Crippen molar-refractivity contribution in [1.29, 1.82) is 0 Å². The zero-order valence-electron chi connectivity index (χ0n) is 16.2. The first-order valence-electron chi connectivity index (χ1n) is 9.64. The first-order valence-corrected chi connectivity index (χ1v) is 10.8. The number of carbonyl (C=O) groups excluding carboxylic acids is 1. The number of fused-ring (bicyclic) bond motifs is 1. The molecule has 6 heteroatoms. The van der Waals surface area contributed by atoms with Crippen molar-refractivity contribution in [3.63, 3.8) is 0 Å². The molecule has 2 N–H and O–H groups in total. The zero-order chi connectivity index (χ0) is 20.2. The van der Waals surface area contributed by atoms with Crippen LogP contribution in [0.1, 0.15) is 28.3 Å². The van der Waals surface area contributed by atoms with Crippen molar-refractivity contribution in [1.82, 2.24) is 15.3 Å². The first kappa shape index (κ1) is 19.7. The number of amides is 1. The summed E-state index contributed by atoms with van der Waals surface area (Å²) >= 11 is 7.58. The Hall–Kier alpha value is -2.63. The van der Waals surface area contributed by atoms with Crippen LogP contribution in [0.4, 0.5) is 0 Å². The predicted octanol–water partition coefficient (Wildman–Crippen LogP) is 5.89. The van der Waals surface area contributed by atoms with Crippen LogP contribution in [0, 0.1) is 6.92 Å². The van der Waals surface area contributed by atoms with E-state index in [1.807, 2.05) is 49.5 Å². The largest absolute Gasteiger partial charge is 0.361 e. The molecule has 2 aromatic carbocycles. The summed E-state index contributed by atoms with van der Waals surface area (Å²) in [4.78, 5) is 21.4. The van der Waals surface area contributed by atoms with E-state index in [1.165, 1.54) is 10.9 Å². The minimum Gasteiger partial charge on any atom is -0.361 e. The number of H-pyrrole nitrogens is 1. The molecule has 0 fully saturated rings. The van der Waals surface area contributed by atoms with Gasteiger partial charge in [0.1, 0.15) is 5.01 Å². The number of hydrogen-bond acceptors (Lipinski definition) is 3. The molecule has 0 aliphatic carbocycles. The second kappa shape index (κ2) is 8.80. The van der Waals surface area contributed by atoms with Gasteiger partial charge in [-0.25, -0.2) is 4.98 Å². The molecule has 4 rings (SSSR count). The van der Waals surface area contributed by atoms with Crippen LogP contribution in [0.3, 0.4) is 0 Å². The maximum Gasteiger partial charge on any atom is 0.220 e. The molecule has 1 amide bonds. The summed E-state index contributed by atoms with van der Waals surface area (Å²) in [7, 11) is 0. The molecule has 0 aliphatic rings. The fourth-order valence-corrected chi connectivity index (χ4v) is 4.46. The van der Waals surface area contributed by atoms with E-state index in [1.54, 1.807) is 11.3 Å². The average Bonchev–Trinajstić information content (AvgIpc) is 3.31. The number of benzene rings is 2. The number of halogens is 1. The van der Waals surface area contributed by atoms with E-state index < -0.39 is 0 Å². The number of thiazole rings is 1. The van der Waals surface area contributed by atoms with Crippen LogP contribution in [0.5, 0.6) is 0 Å². The van der Waals surface area contributed by atoms with Gasteiger partial charge in [0, 0.05) is 39.0 Å². The normalized spacial score (nSPS) is 11.1. The smallest absolute Gasteiger partial charge is 0.220 e. The van der Waals surface area contributed by atoms with Crippen LogP contribution in [0.2, 0.25) is 5.02 Å². The van der Waals surface area contributed by atoms with Crippen molar-refractivity contribution >= 4 is 39.7 Å². The number of hydrogen-bond donors (Lipinski definition) is 2. The minimum atomic E-state index is 0.0609. The van der Waals surface area contributed by atoms with Crippen molar-refractivity contribution in [3.8, 4) is 11.3 Å². The van der Waals surface area contributed by atoms with Gasteiger partial charge in [0.05, 0.1) is 12.2 Å². The highest BCUT2D eigenvalue weighted by Gasteiger charge is 2.11. The van der Waals surface area contributed by atoms with Gasteiger partial charge >= 0.3 is 0 Å². The van der Waals surface area contributed by atoms with Crippen molar-refractivity contribution < 1.29 is 4.79 Å². The Morgan fingerprint density at radius 2 is 1.97 bits per heavy atom. The van der Waals surface area contributed by atoms with Crippen molar-refractivity contribution in [2.75, 3.05) is 0 Å². The molecule has 0 radical (unpaired) electrons. The van der Waals surface area contributed by atoms with E-state index in [0.29, 0.717) is 18.0 Å². The molecular formula is C23H22ClN3OS. The van der Waals surface area contributed by atoms with E-state index in [9.17, 15) is 4.79 Å². The second-order valence-corrected chi connectivity index (χ2v) is 8.73. The Morgan fingerprint density at radius 1 is 1.17 bits per heavy atom. The second-order valence-electron chi connectivity index (χ2n) is 7.01. The lowest BCUT2D eigenvalue weighted by Crippen LogP contribution is -2.22. The molecule has 0 saturated heterocycles. The monoisotopic (exact) mass is 423 g/mol. The molecule has 2 aromatic heterocycles. The quantitative estimate of drug-likeness (QED) is 0.389. The Kier molecular flexibility index (Phi) is 5.97. The summed E-state index contributed by atoms with van der Waals surface area (Å²) in [6.07, 6.45) is 4.25. The van der Waals surface area contributed by atoms with Gasteiger partial charge in [0.15, 0.2) is 0 Å². The summed E-state index contributed by atoms with van der Waals surface area (Å²) < 4.78 is 0. The summed E-state index contributed by atoms with van der Waals surface area (Å²) in [6, 6.07) is 15.9. The first-order chi connectivity index (χ1) is 14.1. The molecule has 0 aliphatic heterocycles. The minimum absolute atomic E-state index is 0.0609. The molecule has 0 atom stereocenters. The fraction of sp³-hybridized carbons (Fsp3) is 0.217. The number of rotatable bonds is 7. The van der Waals surface area contributed by atoms with Crippen LogP contribution >= 0.6 is 22.9 Å². The summed E-state index contributed by atoms with van der Waals surface area (Å²) in [5.74, 6) is 0.0609. The Balaban J connectivity index is 1.28. The molecule has 0 unspecified atom stereocenters. The number of carbonyl (C=O) groups is 1. The number of aryl methyl sites for hydroxylation is 2. The number of nitrogens with zero attached hydrogens (tertiary/aromatic N) is 1. The molecule has 4 aromatic rings. The number of aromatic amines is 1. The van der Waals surface area contributed by atoms with E-state index in [-0.39, 0.29) is 5.91 Å². The summed E-state index contributed by atoms with van der Waals surface area (Å²) in [5, 5.41) is 5.86. The molecule has 2 heterocycles.